The number of anilines is 1. The Kier molecular flexibility index (Phi) is 8.39. The Morgan fingerprint density at radius 2 is 1.69 bits per heavy atom. The minimum atomic E-state index is -4.60. The first-order chi connectivity index (χ1) is 18.5. The van der Waals surface area contributed by atoms with Gasteiger partial charge in [0, 0.05) is 11.3 Å². The van der Waals surface area contributed by atoms with Crippen molar-refractivity contribution in [3.8, 4) is 5.69 Å². The lowest BCUT2D eigenvalue weighted by molar-refractivity contribution is -0.137. The van der Waals surface area contributed by atoms with Crippen molar-refractivity contribution in [1.29, 1.82) is 0 Å². The second-order valence-corrected chi connectivity index (χ2v) is 9.88. The number of hydrogen-bond donors (Lipinski definition) is 2. The molecular formula is C28H26F3N5O2S. The van der Waals surface area contributed by atoms with Gasteiger partial charge in [0.25, 0.3) is 5.91 Å². The molecule has 7 nitrogen and oxygen atoms in total. The molecule has 0 fully saturated rings. The van der Waals surface area contributed by atoms with Crippen molar-refractivity contribution >= 4 is 29.3 Å². The van der Waals surface area contributed by atoms with E-state index in [2.05, 4.69) is 20.8 Å². The number of para-hydroxylation sites is 1. The predicted octanol–water partition coefficient (Wildman–Crippen LogP) is 5.87. The molecule has 0 aliphatic heterocycles. The molecule has 0 aliphatic carbocycles. The van der Waals surface area contributed by atoms with Crippen molar-refractivity contribution < 1.29 is 22.8 Å². The number of carbonyl (C=O) groups is 2. The molecule has 0 saturated carbocycles. The number of thioether (sulfide) groups is 1. The van der Waals surface area contributed by atoms with Crippen molar-refractivity contribution in [1.82, 2.24) is 20.1 Å². The molecule has 0 aliphatic rings. The van der Waals surface area contributed by atoms with E-state index in [0.717, 1.165) is 40.2 Å². The van der Waals surface area contributed by atoms with E-state index in [1.54, 1.807) is 10.6 Å². The van der Waals surface area contributed by atoms with Crippen molar-refractivity contribution in [3.63, 3.8) is 0 Å². The van der Waals surface area contributed by atoms with E-state index in [4.69, 9.17) is 0 Å². The first kappa shape index (κ1) is 27.9. The molecule has 0 radical (unpaired) electrons. The summed E-state index contributed by atoms with van der Waals surface area (Å²) < 4.78 is 41.6. The van der Waals surface area contributed by atoms with E-state index in [1.165, 1.54) is 18.2 Å². The number of aromatic nitrogens is 3. The van der Waals surface area contributed by atoms with E-state index in [9.17, 15) is 22.8 Å². The molecule has 0 saturated heterocycles. The van der Waals surface area contributed by atoms with Gasteiger partial charge in [-0.2, -0.15) is 13.2 Å². The summed E-state index contributed by atoms with van der Waals surface area (Å²) >= 11 is 1.03. The molecule has 0 bridgehead atoms. The fourth-order valence-electron chi connectivity index (χ4n) is 3.83. The molecule has 0 unspecified atom stereocenters. The number of rotatable bonds is 8. The highest BCUT2D eigenvalue weighted by Gasteiger charge is 2.33. The molecular weight excluding hydrogens is 527 g/mol. The fourth-order valence-corrected chi connectivity index (χ4v) is 4.61. The van der Waals surface area contributed by atoms with Crippen LogP contribution in [0.4, 0.5) is 18.9 Å². The van der Waals surface area contributed by atoms with Crippen molar-refractivity contribution in [3.05, 3.63) is 100 Å². The van der Waals surface area contributed by atoms with Crippen LogP contribution < -0.4 is 10.6 Å². The van der Waals surface area contributed by atoms with E-state index in [0.29, 0.717) is 16.5 Å². The zero-order valence-electron chi connectivity index (χ0n) is 21.5. The van der Waals surface area contributed by atoms with Gasteiger partial charge in [0.1, 0.15) is 0 Å². The molecule has 2 amide bonds. The lowest BCUT2D eigenvalue weighted by Gasteiger charge is -2.14. The smallest absolute Gasteiger partial charge is 0.345 e. The van der Waals surface area contributed by atoms with Crippen molar-refractivity contribution in [2.75, 3.05) is 11.1 Å². The van der Waals surface area contributed by atoms with Crippen LogP contribution >= 0.6 is 11.8 Å². The number of alkyl halides is 3. The number of carbonyl (C=O) groups excluding carboxylic acids is 2. The van der Waals surface area contributed by atoms with Crippen LogP contribution in [-0.4, -0.2) is 32.3 Å². The van der Waals surface area contributed by atoms with Crippen LogP contribution in [0.5, 0.6) is 0 Å². The average Bonchev–Trinajstić information content (AvgIpc) is 3.30. The molecule has 2 N–H and O–H groups in total. The topological polar surface area (TPSA) is 88.9 Å². The number of hydrogen-bond acceptors (Lipinski definition) is 5. The summed E-state index contributed by atoms with van der Waals surface area (Å²) in [6.07, 6.45) is -4.60. The number of benzene rings is 3. The van der Waals surface area contributed by atoms with Crippen LogP contribution in [0.25, 0.3) is 5.69 Å². The highest BCUT2D eigenvalue weighted by molar-refractivity contribution is 7.99. The van der Waals surface area contributed by atoms with Gasteiger partial charge in [-0.1, -0.05) is 42.1 Å². The van der Waals surface area contributed by atoms with Crippen LogP contribution in [0.2, 0.25) is 0 Å². The van der Waals surface area contributed by atoms with Crippen LogP contribution in [-0.2, 0) is 17.5 Å². The first-order valence-electron chi connectivity index (χ1n) is 12.0. The van der Waals surface area contributed by atoms with Crippen LogP contribution in [0.1, 0.15) is 38.4 Å². The largest absolute Gasteiger partial charge is 0.418 e. The normalized spacial score (nSPS) is 11.3. The number of halogens is 3. The van der Waals surface area contributed by atoms with Gasteiger partial charge in [-0.25, -0.2) is 0 Å². The summed E-state index contributed by atoms with van der Waals surface area (Å²) in [4.78, 5) is 25.4. The Morgan fingerprint density at radius 1 is 0.923 bits per heavy atom. The van der Waals surface area contributed by atoms with Gasteiger partial charge in [0.15, 0.2) is 11.0 Å². The SMILES string of the molecule is Cc1cccc(-n2c(CNC(=O)c3ccc(C)c(C)c3)nnc2SCC(=O)Nc2ccccc2C(F)(F)F)c1. The molecule has 0 atom stereocenters. The Bertz CT molecular complexity index is 1520. The summed E-state index contributed by atoms with van der Waals surface area (Å²) in [5.41, 5.74) is 3.06. The molecule has 1 heterocycles. The maximum atomic E-state index is 13.3. The standard InChI is InChI=1S/C28H26F3N5O2S/c1-17-7-6-8-21(13-17)36-24(15-32-26(38)20-12-11-18(2)19(3)14-20)34-35-27(36)39-16-25(37)33-23-10-5-4-9-22(23)28(29,30)31/h4-14H,15-16H2,1-3H3,(H,32,38)(H,33,37). The molecule has 3 aromatic carbocycles. The third-order valence-electron chi connectivity index (χ3n) is 5.98. The summed E-state index contributed by atoms with van der Waals surface area (Å²) in [6, 6.07) is 17.8. The van der Waals surface area contributed by atoms with Crippen LogP contribution in [0.15, 0.2) is 71.9 Å². The third kappa shape index (κ3) is 6.85. The van der Waals surface area contributed by atoms with E-state index in [1.807, 2.05) is 57.2 Å². The zero-order valence-corrected chi connectivity index (χ0v) is 22.3. The molecule has 11 heteroatoms. The third-order valence-corrected chi connectivity index (χ3v) is 6.90. The number of amides is 2. The predicted molar refractivity (Wildman–Crippen MR) is 144 cm³/mol. The fraction of sp³-hybridized carbons (Fsp3) is 0.214. The Labute approximate surface area is 227 Å². The second kappa shape index (κ2) is 11.7. The number of nitrogens with one attached hydrogen (secondary N) is 2. The van der Waals surface area contributed by atoms with Gasteiger partial charge in [0.05, 0.1) is 23.5 Å². The van der Waals surface area contributed by atoms with Gasteiger partial charge in [0.2, 0.25) is 5.91 Å². The second-order valence-electron chi connectivity index (χ2n) is 8.94. The highest BCUT2D eigenvalue weighted by Crippen LogP contribution is 2.34. The molecule has 4 aromatic rings. The van der Waals surface area contributed by atoms with Crippen molar-refractivity contribution in [2.45, 2.75) is 38.6 Å². The van der Waals surface area contributed by atoms with Gasteiger partial charge in [-0.05, 0) is 73.9 Å². The zero-order chi connectivity index (χ0) is 28.2. The van der Waals surface area contributed by atoms with Gasteiger partial charge in [-0.15, -0.1) is 10.2 Å². The number of nitrogens with zero attached hydrogens (tertiary/aromatic N) is 3. The van der Waals surface area contributed by atoms with E-state index in [-0.39, 0.29) is 23.9 Å². The molecule has 39 heavy (non-hydrogen) atoms. The Balaban J connectivity index is 1.52. The minimum Gasteiger partial charge on any atom is -0.345 e. The minimum absolute atomic E-state index is 0.0679. The lowest BCUT2D eigenvalue weighted by atomic mass is 10.1. The molecule has 4 rings (SSSR count). The Morgan fingerprint density at radius 3 is 2.41 bits per heavy atom. The number of aryl methyl sites for hydroxylation is 3. The quantitative estimate of drug-likeness (QED) is 0.267. The summed E-state index contributed by atoms with van der Waals surface area (Å²) in [5, 5.41) is 14.0. The van der Waals surface area contributed by atoms with Gasteiger partial charge in [-0.3, -0.25) is 14.2 Å². The maximum Gasteiger partial charge on any atom is 0.418 e. The Hall–Kier alpha value is -4.12. The van der Waals surface area contributed by atoms with Crippen molar-refractivity contribution in [2.24, 2.45) is 0 Å². The average molecular weight is 554 g/mol. The lowest BCUT2D eigenvalue weighted by Crippen LogP contribution is -2.25. The molecule has 202 valence electrons. The monoisotopic (exact) mass is 553 g/mol. The summed E-state index contributed by atoms with van der Waals surface area (Å²) in [6.45, 7) is 5.89. The highest BCUT2D eigenvalue weighted by atomic mass is 32.2. The molecule has 0 spiro atoms. The van der Waals surface area contributed by atoms with Crippen LogP contribution in [0.3, 0.4) is 0 Å². The van der Waals surface area contributed by atoms with Gasteiger partial charge < -0.3 is 10.6 Å². The summed E-state index contributed by atoms with van der Waals surface area (Å²) in [7, 11) is 0. The summed E-state index contributed by atoms with van der Waals surface area (Å²) in [5.74, 6) is -0.664. The van der Waals surface area contributed by atoms with Gasteiger partial charge >= 0.3 is 6.18 Å². The van der Waals surface area contributed by atoms with Crippen LogP contribution in [0, 0.1) is 20.8 Å². The van der Waals surface area contributed by atoms with E-state index >= 15 is 0 Å². The van der Waals surface area contributed by atoms with E-state index < -0.39 is 17.6 Å². The maximum absolute atomic E-state index is 13.3. The molecule has 1 aromatic heterocycles. The first-order valence-corrected chi connectivity index (χ1v) is 13.0.